The maximum absolute atomic E-state index is 13.7. The van der Waals surface area contributed by atoms with Crippen molar-refractivity contribution in [3.63, 3.8) is 0 Å². The molecule has 1 atom stereocenters. The highest BCUT2D eigenvalue weighted by atomic mass is 79.9. The van der Waals surface area contributed by atoms with Gasteiger partial charge in [-0.3, -0.25) is 4.21 Å². The Bertz CT molecular complexity index is 645. The molecule has 0 spiro atoms. The van der Waals surface area contributed by atoms with Gasteiger partial charge in [-0.15, -0.1) is 0 Å². The van der Waals surface area contributed by atoms with Crippen LogP contribution in [0.5, 0.6) is 0 Å². The van der Waals surface area contributed by atoms with E-state index in [4.69, 9.17) is 5.73 Å². The Morgan fingerprint density at radius 1 is 1.26 bits per heavy atom. The van der Waals surface area contributed by atoms with Crippen LogP contribution in [0.4, 0.5) is 10.1 Å². The highest BCUT2D eigenvalue weighted by Gasteiger charge is 2.12. The van der Waals surface area contributed by atoms with Crippen molar-refractivity contribution in [2.75, 3.05) is 5.73 Å². The maximum atomic E-state index is 13.7. The molecule has 19 heavy (non-hydrogen) atoms. The quantitative estimate of drug-likeness (QED) is 0.863. The van der Waals surface area contributed by atoms with Crippen LogP contribution in [0.15, 0.2) is 45.8 Å². The van der Waals surface area contributed by atoms with Gasteiger partial charge in [-0.1, -0.05) is 28.1 Å². The lowest BCUT2D eigenvalue weighted by Crippen LogP contribution is -2.02. The van der Waals surface area contributed by atoms with Gasteiger partial charge in [-0.2, -0.15) is 0 Å². The number of hydrogen-bond acceptors (Lipinski definition) is 2. The predicted octanol–water partition coefficient (Wildman–Crippen LogP) is 3.79. The highest BCUT2D eigenvalue weighted by Crippen LogP contribution is 2.22. The van der Waals surface area contributed by atoms with Gasteiger partial charge in [0.25, 0.3) is 0 Å². The van der Waals surface area contributed by atoms with Crippen molar-refractivity contribution in [3.8, 4) is 0 Å². The molecular formula is C14H13BrFNOS. The summed E-state index contributed by atoms with van der Waals surface area (Å²) < 4.78 is 26.7. The summed E-state index contributed by atoms with van der Waals surface area (Å²) in [6.45, 7) is 1.87. The van der Waals surface area contributed by atoms with Gasteiger partial charge in [-0.05, 0) is 36.8 Å². The van der Waals surface area contributed by atoms with E-state index in [9.17, 15) is 8.60 Å². The van der Waals surface area contributed by atoms with E-state index in [1.807, 2.05) is 13.0 Å². The minimum Gasteiger partial charge on any atom is -0.399 e. The summed E-state index contributed by atoms with van der Waals surface area (Å²) in [7, 11) is -1.31. The first kappa shape index (κ1) is 14.2. The SMILES string of the molecule is Cc1ccc(N)cc1S(=O)Cc1ccc(Br)cc1F. The summed E-state index contributed by atoms with van der Waals surface area (Å²) in [5.74, 6) is -0.215. The topological polar surface area (TPSA) is 43.1 Å². The summed E-state index contributed by atoms with van der Waals surface area (Å²) in [6.07, 6.45) is 0. The molecule has 0 fully saturated rings. The molecule has 0 aromatic heterocycles. The number of benzene rings is 2. The summed E-state index contributed by atoms with van der Waals surface area (Å²) >= 11 is 3.20. The fourth-order valence-electron chi connectivity index (χ4n) is 1.72. The molecule has 0 aliphatic heterocycles. The zero-order chi connectivity index (χ0) is 14.0. The van der Waals surface area contributed by atoms with Crippen LogP contribution in [0, 0.1) is 12.7 Å². The highest BCUT2D eigenvalue weighted by molar-refractivity contribution is 9.10. The van der Waals surface area contributed by atoms with Crippen molar-refractivity contribution in [1.82, 2.24) is 0 Å². The molecule has 2 aromatic rings. The van der Waals surface area contributed by atoms with Gasteiger partial charge in [0.2, 0.25) is 0 Å². The van der Waals surface area contributed by atoms with Crippen LogP contribution in [0.1, 0.15) is 11.1 Å². The van der Waals surface area contributed by atoms with E-state index in [1.165, 1.54) is 6.07 Å². The minimum atomic E-state index is -1.31. The normalized spacial score (nSPS) is 12.4. The third kappa shape index (κ3) is 3.42. The molecule has 0 aliphatic rings. The van der Waals surface area contributed by atoms with E-state index in [1.54, 1.807) is 24.3 Å². The number of rotatable bonds is 3. The number of anilines is 1. The molecule has 1 unspecified atom stereocenters. The molecule has 0 radical (unpaired) electrons. The Morgan fingerprint density at radius 3 is 2.68 bits per heavy atom. The third-order valence-electron chi connectivity index (χ3n) is 2.76. The first-order chi connectivity index (χ1) is 8.97. The predicted molar refractivity (Wildman–Crippen MR) is 79.8 cm³/mol. The van der Waals surface area contributed by atoms with Crippen LogP contribution in [0.25, 0.3) is 0 Å². The van der Waals surface area contributed by atoms with Gasteiger partial charge in [0.1, 0.15) is 5.82 Å². The fraction of sp³-hybridized carbons (Fsp3) is 0.143. The van der Waals surface area contributed by atoms with Crippen molar-refractivity contribution in [2.24, 2.45) is 0 Å². The molecule has 0 saturated carbocycles. The van der Waals surface area contributed by atoms with Crippen LogP contribution >= 0.6 is 15.9 Å². The van der Waals surface area contributed by atoms with Gasteiger partial charge in [-0.25, -0.2) is 4.39 Å². The molecule has 2 aromatic carbocycles. The maximum Gasteiger partial charge on any atom is 0.128 e. The van der Waals surface area contributed by atoms with Crippen molar-refractivity contribution in [2.45, 2.75) is 17.6 Å². The average molecular weight is 342 g/mol. The molecule has 2 N–H and O–H groups in total. The molecule has 0 saturated heterocycles. The van der Waals surface area contributed by atoms with Crippen molar-refractivity contribution < 1.29 is 8.60 Å². The number of aryl methyl sites for hydroxylation is 1. The van der Waals surface area contributed by atoms with Crippen LogP contribution in [0.3, 0.4) is 0 Å². The summed E-state index contributed by atoms with van der Waals surface area (Å²) in [5, 5.41) is 0. The number of hydrogen-bond donors (Lipinski definition) is 1. The summed E-state index contributed by atoms with van der Waals surface area (Å²) in [5.41, 5.74) is 7.58. The zero-order valence-electron chi connectivity index (χ0n) is 10.3. The van der Waals surface area contributed by atoms with Crippen LogP contribution in [-0.2, 0) is 16.6 Å². The van der Waals surface area contributed by atoms with E-state index >= 15 is 0 Å². The largest absolute Gasteiger partial charge is 0.399 e. The number of nitrogens with two attached hydrogens (primary N) is 1. The van der Waals surface area contributed by atoms with E-state index in [2.05, 4.69) is 15.9 Å². The molecule has 2 rings (SSSR count). The second-order valence-corrected chi connectivity index (χ2v) is 6.59. The Balaban J connectivity index is 2.28. The second kappa shape index (κ2) is 5.84. The van der Waals surface area contributed by atoms with E-state index in [0.29, 0.717) is 20.6 Å². The Hall–Kier alpha value is -1.20. The molecule has 0 aliphatic carbocycles. The molecular weight excluding hydrogens is 329 g/mol. The summed E-state index contributed by atoms with van der Waals surface area (Å²) in [6, 6.07) is 10.0. The average Bonchev–Trinajstić information content (AvgIpc) is 2.35. The zero-order valence-corrected chi connectivity index (χ0v) is 12.7. The van der Waals surface area contributed by atoms with Crippen LogP contribution < -0.4 is 5.73 Å². The summed E-state index contributed by atoms with van der Waals surface area (Å²) in [4.78, 5) is 0.655. The Kier molecular flexibility index (Phi) is 4.37. The molecule has 0 heterocycles. The first-order valence-electron chi connectivity index (χ1n) is 5.66. The van der Waals surface area contributed by atoms with Gasteiger partial charge >= 0.3 is 0 Å². The van der Waals surface area contributed by atoms with E-state index in [-0.39, 0.29) is 11.6 Å². The van der Waals surface area contributed by atoms with Crippen molar-refractivity contribution in [3.05, 3.63) is 57.8 Å². The lowest BCUT2D eigenvalue weighted by Gasteiger charge is -2.08. The van der Waals surface area contributed by atoms with Crippen molar-refractivity contribution >= 4 is 32.4 Å². The monoisotopic (exact) mass is 341 g/mol. The smallest absolute Gasteiger partial charge is 0.128 e. The minimum absolute atomic E-state index is 0.142. The number of nitrogen functional groups attached to an aromatic ring is 1. The lowest BCUT2D eigenvalue weighted by molar-refractivity contribution is 0.614. The molecule has 100 valence electrons. The first-order valence-corrected chi connectivity index (χ1v) is 7.77. The standard InChI is InChI=1S/C14H13BrFNOS/c1-9-2-5-12(17)7-14(9)19(18)8-10-3-4-11(15)6-13(10)16/h2-7H,8,17H2,1H3. The van der Waals surface area contributed by atoms with E-state index in [0.717, 1.165) is 5.56 Å². The van der Waals surface area contributed by atoms with Gasteiger partial charge in [0.15, 0.2) is 0 Å². The third-order valence-corrected chi connectivity index (χ3v) is 4.76. The van der Waals surface area contributed by atoms with Gasteiger partial charge < -0.3 is 5.73 Å². The van der Waals surface area contributed by atoms with E-state index < -0.39 is 10.8 Å². The Labute approximate surface area is 122 Å². The van der Waals surface area contributed by atoms with Gasteiger partial charge in [0, 0.05) is 20.6 Å². The Morgan fingerprint density at radius 2 is 2.00 bits per heavy atom. The molecule has 5 heteroatoms. The van der Waals surface area contributed by atoms with Crippen LogP contribution in [-0.4, -0.2) is 4.21 Å². The molecule has 0 amide bonds. The number of halogens is 2. The van der Waals surface area contributed by atoms with Gasteiger partial charge in [0.05, 0.1) is 16.6 Å². The van der Waals surface area contributed by atoms with Crippen molar-refractivity contribution in [1.29, 1.82) is 0 Å². The lowest BCUT2D eigenvalue weighted by atomic mass is 10.2. The fourth-order valence-corrected chi connectivity index (χ4v) is 3.42. The molecule has 0 bridgehead atoms. The molecule has 2 nitrogen and oxygen atoms in total. The van der Waals surface area contributed by atoms with Crippen LogP contribution in [0.2, 0.25) is 0 Å². The second-order valence-electron chi connectivity index (χ2n) is 4.25.